The van der Waals surface area contributed by atoms with Gasteiger partial charge in [-0.1, -0.05) is 26.5 Å². The average Bonchev–Trinajstić information content (AvgIpc) is 2.19. The van der Waals surface area contributed by atoms with Crippen LogP contribution in [0, 0.1) is 0 Å². The summed E-state index contributed by atoms with van der Waals surface area (Å²) < 4.78 is 5.87. The Bertz CT molecular complexity index is 226. The Hall–Kier alpha value is -0.920. The van der Waals surface area contributed by atoms with Crippen molar-refractivity contribution in [3.63, 3.8) is 0 Å². The summed E-state index contributed by atoms with van der Waals surface area (Å²) in [6.45, 7) is 9.60. The van der Waals surface area contributed by atoms with Crippen LogP contribution in [0.2, 0.25) is 0 Å². The molecule has 0 spiro atoms. The summed E-state index contributed by atoms with van der Waals surface area (Å²) >= 11 is 0. The largest absolute Gasteiger partial charge is 0.486 e. The van der Waals surface area contributed by atoms with Crippen molar-refractivity contribution in [1.82, 2.24) is 0 Å². The number of hydrogen-bond donors (Lipinski definition) is 1. The molecule has 0 amide bonds. The van der Waals surface area contributed by atoms with E-state index in [1.54, 1.807) is 0 Å². The van der Waals surface area contributed by atoms with E-state index in [9.17, 15) is 0 Å². The first kappa shape index (κ1) is 11.2. The number of rotatable bonds is 4. The van der Waals surface area contributed by atoms with Gasteiger partial charge in [0, 0.05) is 0 Å². The first-order chi connectivity index (χ1) is 6.59. The highest BCUT2D eigenvalue weighted by Gasteiger charge is 2.32. The van der Waals surface area contributed by atoms with Crippen LogP contribution < -0.4 is 5.73 Å². The maximum Gasteiger partial charge on any atom is 0.135 e. The van der Waals surface area contributed by atoms with E-state index in [-0.39, 0.29) is 5.60 Å². The molecule has 0 atom stereocenters. The summed E-state index contributed by atoms with van der Waals surface area (Å²) in [6.07, 6.45) is 7.09. The van der Waals surface area contributed by atoms with Crippen LogP contribution in [0.25, 0.3) is 0 Å². The van der Waals surface area contributed by atoms with E-state index in [1.807, 2.05) is 0 Å². The van der Waals surface area contributed by atoms with Crippen LogP contribution in [0.1, 0.15) is 45.4 Å². The summed E-state index contributed by atoms with van der Waals surface area (Å²) in [5.74, 6) is 0.550. The Labute approximate surface area is 86.8 Å². The molecule has 2 N–H and O–H groups in total. The summed E-state index contributed by atoms with van der Waals surface area (Å²) in [7, 11) is 0. The van der Waals surface area contributed by atoms with Crippen LogP contribution in [-0.2, 0) is 4.74 Å². The average molecular weight is 195 g/mol. The number of nitrogens with two attached hydrogens (primary N) is 1. The fraction of sp³-hybridized carbons (Fsp3) is 0.667. The zero-order valence-corrected chi connectivity index (χ0v) is 9.14. The molecule has 1 aliphatic carbocycles. The molecule has 2 nitrogen and oxygen atoms in total. The molecule has 80 valence electrons. The van der Waals surface area contributed by atoms with E-state index in [0.29, 0.717) is 11.5 Å². The fourth-order valence-corrected chi connectivity index (χ4v) is 2.05. The minimum absolute atomic E-state index is 0.0162. The molecule has 0 aromatic heterocycles. The molecule has 0 aromatic carbocycles. The van der Waals surface area contributed by atoms with Gasteiger partial charge in [0.25, 0.3) is 0 Å². The zero-order chi connectivity index (χ0) is 10.6. The van der Waals surface area contributed by atoms with Crippen molar-refractivity contribution in [2.24, 2.45) is 5.73 Å². The smallest absolute Gasteiger partial charge is 0.135 e. The lowest BCUT2D eigenvalue weighted by atomic mass is 9.82. The molecule has 1 fully saturated rings. The third kappa shape index (κ3) is 2.53. The molecule has 0 unspecified atom stereocenters. The Kier molecular flexibility index (Phi) is 3.62. The molecular formula is C12H21NO. The quantitative estimate of drug-likeness (QED) is 0.552. The van der Waals surface area contributed by atoms with Gasteiger partial charge in [0.15, 0.2) is 0 Å². The number of ether oxygens (including phenoxy) is 1. The van der Waals surface area contributed by atoms with Crippen molar-refractivity contribution < 1.29 is 4.74 Å². The van der Waals surface area contributed by atoms with Gasteiger partial charge in [-0.05, 0) is 32.1 Å². The highest BCUT2D eigenvalue weighted by molar-refractivity contribution is 5.16. The van der Waals surface area contributed by atoms with Crippen molar-refractivity contribution in [1.29, 1.82) is 0 Å². The van der Waals surface area contributed by atoms with Crippen LogP contribution in [0.4, 0.5) is 0 Å². The Morgan fingerprint density at radius 2 is 1.86 bits per heavy atom. The van der Waals surface area contributed by atoms with Gasteiger partial charge in [-0.3, -0.25) is 0 Å². The lowest BCUT2D eigenvalue weighted by molar-refractivity contribution is -0.0275. The monoisotopic (exact) mass is 195 g/mol. The van der Waals surface area contributed by atoms with E-state index in [1.165, 1.54) is 19.3 Å². The van der Waals surface area contributed by atoms with E-state index < -0.39 is 0 Å². The van der Waals surface area contributed by atoms with Crippen LogP contribution >= 0.6 is 0 Å². The topological polar surface area (TPSA) is 35.2 Å². The van der Waals surface area contributed by atoms with Crippen molar-refractivity contribution in [2.45, 2.75) is 51.0 Å². The minimum atomic E-state index is -0.0162. The summed E-state index contributed by atoms with van der Waals surface area (Å²) in [6, 6.07) is 0. The molecule has 1 saturated carbocycles. The van der Waals surface area contributed by atoms with Gasteiger partial charge in [0.1, 0.15) is 11.4 Å². The summed E-state index contributed by atoms with van der Waals surface area (Å²) in [5.41, 5.74) is 5.98. The molecule has 14 heavy (non-hydrogen) atoms. The van der Waals surface area contributed by atoms with E-state index >= 15 is 0 Å². The fourth-order valence-electron chi connectivity index (χ4n) is 2.05. The number of hydrogen-bond acceptors (Lipinski definition) is 2. The van der Waals surface area contributed by atoms with Crippen LogP contribution in [0.15, 0.2) is 24.6 Å². The lowest BCUT2D eigenvalue weighted by Crippen LogP contribution is -2.34. The normalized spacial score (nSPS) is 20.1. The van der Waals surface area contributed by atoms with Crippen molar-refractivity contribution in [3.8, 4) is 0 Å². The Balaban J connectivity index is 2.60. The first-order valence-electron chi connectivity index (χ1n) is 5.42. The molecule has 2 heteroatoms. The standard InChI is InChI=1S/C12H21NO/c1-4-12(8-6-5-7-9-12)14-11(3)10(2)13/h2-9,13H2,1H3. The van der Waals surface area contributed by atoms with Gasteiger partial charge < -0.3 is 10.5 Å². The van der Waals surface area contributed by atoms with Gasteiger partial charge in [0.2, 0.25) is 0 Å². The molecule has 1 rings (SSSR count). The maximum atomic E-state index is 5.87. The Morgan fingerprint density at radius 1 is 1.29 bits per heavy atom. The highest BCUT2D eigenvalue weighted by Crippen LogP contribution is 2.36. The first-order valence-corrected chi connectivity index (χ1v) is 5.42. The predicted molar refractivity (Wildman–Crippen MR) is 59.7 cm³/mol. The summed E-state index contributed by atoms with van der Waals surface area (Å²) in [4.78, 5) is 0. The van der Waals surface area contributed by atoms with Gasteiger partial charge in [-0.15, -0.1) is 0 Å². The van der Waals surface area contributed by atoms with Crippen molar-refractivity contribution in [3.05, 3.63) is 24.6 Å². The van der Waals surface area contributed by atoms with Crippen molar-refractivity contribution >= 4 is 0 Å². The molecule has 0 aliphatic heterocycles. The predicted octanol–water partition coefficient (Wildman–Crippen LogP) is 3.10. The minimum Gasteiger partial charge on any atom is -0.486 e. The molecule has 0 saturated heterocycles. The highest BCUT2D eigenvalue weighted by atomic mass is 16.5. The maximum absolute atomic E-state index is 5.87. The van der Waals surface area contributed by atoms with Crippen LogP contribution in [0.5, 0.6) is 0 Å². The SMILES string of the molecule is C=C(N)C(=C)OC1(CC)CCCCC1. The van der Waals surface area contributed by atoms with Crippen molar-refractivity contribution in [2.75, 3.05) is 0 Å². The second kappa shape index (κ2) is 4.54. The van der Waals surface area contributed by atoms with Gasteiger partial charge >= 0.3 is 0 Å². The molecule has 1 aliphatic rings. The Morgan fingerprint density at radius 3 is 2.29 bits per heavy atom. The zero-order valence-electron chi connectivity index (χ0n) is 9.14. The second-order valence-corrected chi connectivity index (χ2v) is 4.15. The summed E-state index contributed by atoms with van der Waals surface area (Å²) in [5, 5.41) is 0. The van der Waals surface area contributed by atoms with E-state index in [4.69, 9.17) is 10.5 Å². The third-order valence-corrected chi connectivity index (χ3v) is 3.11. The third-order valence-electron chi connectivity index (χ3n) is 3.11. The van der Waals surface area contributed by atoms with E-state index in [0.717, 1.165) is 19.3 Å². The second-order valence-electron chi connectivity index (χ2n) is 4.15. The van der Waals surface area contributed by atoms with Crippen LogP contribution in [0.3, 0.4) is 0 Å². The van der Waals surface area contributed by atoms with Gasteiger partial charge in [-0.2, -0.15) is 0 Å². The van der Waals surface area contributed by atoms with Gasteiger partial charge in [-0.25, -0.2) is 0 Å². The molecule has 0 bridgehead atoms. The van der Waals surface area contributed by atoms with E-state index in [2.05, 4.69) is 20.1 Å². The molecule has 0 heterocycles. The molecule has 0 radical (unpaired) electrons. The van der Waals surface area contributed by atoms with Gasteiger partial charge in [0.05, 0.1) is 5.70 Å². The van der Waals surface area contributed by atoms with Crippen LogP contribution in [-0.4, -0.2) is 5.60 Å². The molecule has 0 aromatic rings. The lowest BCUT2D eigenvalue weighted by Gasteiger charge is -2.37. The molecular weight excluding hydrogens is 174 g/mol.